The van der Waals surface area contributed by atoms with E-state index in [0.717, 1.165) is 26.6 Å². The molecule has 0 aliphatic heterocycles. The van der Waals surface area contributed by atoms with Crippen molar-refractivity contribution in [2.45, 2.75) is 31.1 Å². The van der Waals surface area contributed by atoms with Gasteiger partial charge in [-0.25, -0.2) is 12.7 Å². The summed E-state index contributed by atoms with van der Waals surface area (Å²) in [5, 5.41) is 0. The van der Waals surface area contributed by atoms with Crippen molar-refractivity contribution in [3.8, 4) is 0 Å². The predicted molar refractivity (Wildman–Crippen MR) is 134 cm³/mol. The second-order valence-corrected chi connectivity index (χ2v) is 10.1. The van der Waals surface area contributed by atoms with E-state index in [4.69, 9.17) is 0 Å². The number of likely N-dealkylation sites (N-methyl/N-ethyl adjacent to an activating group) is 1. The zero-order valence-electron chi connectivity index (χ0n) is 19.2. The molecule has 0 N–H and O–H groups in total. The number of nitrogens with zero attached hydrogens (tertiary/aromatic N) is 1. The Morgan fingerprint density at radius 2 is 1.48 bits per heavy atom. The monoisotopic (exact) mass is 459 g/mol. The Kier molecular flexibility index (Phi) is 8.01. The first kappa shape index (κ1) is 24.2. The van der Waals surface area contributed by atoms with Gasteiger partial charge in [0.2, 0.25) is 0 Å². The lowest BCUT2D eigenvalue weighted by atomic mass is 9.91. The van der Waals surface area contributed by atoms with Gasteiger partial charge in [-0.2, -0.15) is 0 Å². The zero-order chi connectivity index (χ0) is 23.8. The van der Waals surface area contributed by atoms with E-state index in [1.165, 1.54) is 25.3 Å². The minimum Gasteiger partial charge on any atom is -0.269 e. The fraction of sp³-hybridized carbons (Fsp3) is 0.179. The molecule has 3 aromatic rings. The number of carbonyl (C=O) groups excluding carboxylic acids is 1. The van der Waals surface area contributed by atoms with Crippen LogP contribution in [0.5, 0.6) is 0 Å². The Hall–Kier alpha value is -3.44. The number of aryl methyl sites for hydroxylation is 1. The molecule has 1 atom stereocenters. The fourth-order valence-corrected chi connectivity index (χ4v) is 4.57. The van der Waals surface area contributed by atoms with Gasteiger partial charge in [-0.3, -0.25) is 4.79 Å². The van der Waals surface area contributed by atoms with E-state index in [0.29, 0.717) is 6.42 Å². The first-order valence-corrected chi connectivity index (χ1v) is 12.3. The summed E-state index contributed by atoms with van der Waals surface area (Å²) in [6.45, 7) is 3.74. The molecule has 0 bridgehead atoms. The maximum Gasteiger partial charge on any atom is 0.266 e. The van der Waals surface area contributed by atoms with Crippen LogP contribution in [0, 0.1) is 6.92 Å². The van der Waals surface area contributed by atoms with E-state index in [9.17, 15) is 13.2 Å². The van der Waals surface area contributed by atoms with Gasteiger partial charge in [-0.15, -0.1) is 0 Å². The van der Waals surface area contributed by atoms with Crippen LogP contribution in [0.2, 0.25) is 0 Å². The van der Waals surface area contributed by atoms with Crippen LogP contribution in [0.4, 0.5) is 0 Å². The normalized spacial score (nSPS) is 13.1. The Labute approximate surface area is 196 Å². The number of amides is 1. The summed E-state index contributed by atoms with van der Waals surface area (Å²) in [6, 6.07) is 26.6. The molecule has 5 heteroatoms. The summed E-state index contributed by atoms with van der Waals surface area (Å²) < 4.78 is 26.5. The largest absolute Gasteiger partial charge is 0.269 e. The summed E-state index contributed by atoms with van der Waals surface area (Å²) in [7, 11) is -2.61. The van der Waals surface area contributed by atoms with Crippen molar-refractivity contribution in [1.82, 2.24) is 4.31 Å². The van der Waals surface area contributed by atoms with Crippen LogP contribution in [0.25, 0.3) is 6.08 Å². The highest BCUT2D eigenvalue weighted by Gasteiger charge is 2.24. The first-order valence-electron chi connectivity index (χ1n) is 10.8. The van der Waals surface area contributed by atoms with Crippen LogP contribution in [0.1, 0.15) is 36.0 Å². The third kappa shape index (κ3) is 6.53. The van der Waals surface area contributed by atoms with E-state index in [-0.39, 0.29) is 10.8 Å². The topological polar surface area (TPSA) is 54.5 Å². The maximum atomic E-state index is 12.8. The van der Waals surface area contributed by atoms with Gasteiger partial charge < -0.3 is 0 Å². The molecule has 0 heterocycles. The van der Waals surface area contributed by atoms with E-state index in [1.54, 1.807) is 12.1 Å². The van der Waals surface area contributed by atoms with E-state index < -0.39 is 15.9 Å². The number of carbonyl (C=O) groups is 1. The predicted octanol–water partition coefficient (Wildman–Crippen LogP) is 5.98. The zero-order valence-corrected chi connectivity index (χ0v) is 20.0. The number of sulfonamides is 1. The average molecular weight is 460 g/mol. The first-order chi connectivity index (χ1) is 15.8. The highest BCUT2D eigenvalue weighted by Crippen LogP contribution is 2.26. The van der Waals surface area contributed by atoms with Gasteiger partial charge in [0.05, 0.1) is 4.90 Å². The Morgan fingerprint density at radius 1 is 0.909 bits per heavy atom. The van der Waals surface area contributed by atoms with Crippen LogP contribution < -0.4 is 0 Å². The Balaban J connectivity index is 1.79. The van der Waals surface area contributed by atoms with Crippen molar-refractivity contribution in [2.24, 2.45) is 0 Å². The summed E-state index contributed by atoms with van der Waals surface area (Å²) >= 11 is 0. The third-order valence-electron chi connectivity index (χ3n) is 5.45. The van der Waals surface area contributed by atoms with Crippen molar-refractivity contribution >= 4 is 22.0 Å². The van der Waals surface area contributed by atoms with Crippen molar-refractivity contribution in [3.63, 3.8) is 0 Å². The molecular formula is C28H29NO3S. The lowest BCUT2D eigenvalue weighted by Gasteiger charge is -2.18. The molecule has 4 nitrogen and oxygen atoms in total. The number of hydrogen-bond acceptors (Lipinski definition) is 3. The van der Waals surface area contributed by atoms with Crippen molar-refractivity contribution < 1.29 is 13.2 Å². The highest BCUT2D eigenvalue weighted by molar-refractivity contribution is 7.89. The van der Waals surface area contributed by atoms with Crippen molar-refractivity contribution in [3.05, 3.63) is 119 Å². The number of rotatable bonds is 8. The second-order valence-electron chi connectivity index (χ2n) is 8.11. The van der Waals surface area contributed by atoms with E-state index >= 15 is 0 Å². The lowest BCUT2D eigenvalue weighted by molar-refractivity contribution is -0.120. The van der Waals surface area contributed by atoms with Crippen LogP contribution in [-0.4, -0.2) is 25.7 Å². The molecule has 0 aliphatic carbocycles. The van der Waals surface area contributed by atoms with Gasteiger partial charge in [0.25, 0.3) is 15.9 Å². The lowest BCUT2D eigenvalue weighted by Crippen LogP contribution is -2.32. The summed E-state index contributed by atoms with van der Waals surface area (Å²) in [5.74, 6) is -0.513. The molecule has 0 saturated carbocycles. The van der Waals surface area contributed by atoms with Crippen LogP contribution >= 0.6 is 0 Å². The minimum atomic E-state index is -3.90. The molecular weight excluding hydrogens is 430 g/mol. The third-order valence-corrected chi connectivity index (χ3v) is 7.22. The summed E-state index contributed by atoms with van der Waals surface area (Å²) in [5.41, 5.74) is 3.98. The quantitative estimate of drug-likeness (QED) is 0.390. The molecule has 170 valence electrons. The second kappa shape index (κ2) is 10.9. The molecule has 33 heavy (non-hydrogen) atoms. The molecule has 0 radical (unpaired) electrons. The van der Waals surface area contributed by atoms with Crippen LogP contribution in [0.3, 0.4) is 0 Å². The Morgan fingerprint density at radius 3 is 2.09 bits per heavy atom. The highest BCUT2D eigenvalue weighted by atomic mass is 32.2. The number of hydrogen-bond donors (Lipinski definition) is 0. The summed E-state index contributed by atoms with van der Waals surface area (Å²) in [6.07, 6.45) is 6.20. The van der Waals surface area contributed by atoms with Gasteiger partial charge in [0.15, 0.2) is 0 Å². The molecule has 3 rings (SSSR count). The number of benzene rings is 3. The standard InChI is InChI=1S/C28H29NO3S/c1-22-14-18-27(19-15-22)33(31,32)29(3)28(30)21-23(2)20-26(25-12-8-5-9-13-25)17-16-24-10-6-4-7-11-24/h4-19,21,26H,20H2,1-3H3/b17-16+,23-21+. The maximum absolute atomic E-state index is 12.8. The van der Waals surface area contributed by atoms with Crippen molar-refractivity contribution in [1.29, 1.82) is 0 Å². The molecule has 0 fully saturated rings. The Bertz CT molecular complexity index is 1230. The van der Waals surface area contributed by atoms with Crippen molar-refractivity contribution in [2.75, 3.05) is 7.05 Å². The molecule has 1 amide bonds. The fourth-order valence-electron chi connectivity index (χ4n) is 3.48. The SMILES string of the molecule is C/C(=C\C(=O)N(C)S(=O)(=O)c1ccc(C)cc1)CC(/C=C/c1ccccc1)c1ccccc1. The number of allylic oxidation sites excluding steroid dienone is 2. The van der Waals surface area contributed by atoms with Gasteiger partial charge in [-0.1, -0.05) is 96.1 Å². The van der Waals surface area contributed by atoms with E-state index in [2.05, 4.69) is 24.3 Å². The average Bonchev–Trinajstić information content (AvgIpc) is 2.82. The van der Waals surface area contributed by atoms with E-state index in [1.807, 2.05) is 62.4 Å². The molecule has 0 aliphatic rings. The smallest absolute Gasteiger partial charge is 0.266 e. The van der Waals surface area contributed by atoms with Gasteiger partial charge in [-0.05, 0) is 43.5 Å². The van der Waals surface area contributed by atoms with Gasteiger partial charge >= 0.3 is 0 Å². The summed E-state index contributed by atoms with van der Waals surface area (Å²) in [4.78, 5) is 12.9. The molecule has 1 unspecified atom stereocenters. The van der Waals surface area contributed by atoms with Crippen LogP contribution in [0.15, 0.2) is 108 Å². The van der Waals surface area contributed by atoms with Crippen LogP contribution in [-0.2, 0) is 14.8 Å². The molecule has 0 aromatic heterocycles. The van der Waals surface area contributed by atoms with Gasteiger partial charge in [0, 0.05) is 19.0 Å². The molecule has 0 saturated heterocycles. The molecule has 0 spiro atoms. The van der Waals surface area contributed by atoms with Gasteiger partial charge in [0.1, 0.15) is 0 Å². The molecule has 3 aromatic carbocycles. The minimum absolute atomic E-state index is 0.0504.